The molecule has 1 atom stereocenters. The number of hydrogen-bond donors (Lipinski definition) is 1. The van der Waals surface area contributed by atoms with E-state index in [2.05, 4.69) is 11.1 Å². The first kappa shape index (κ1) is 10.0. The fourth-order valence-corrected chi connectivity index (χ4v) is 1.37. The van der Waals surface area contributed by atoms with Gasteiger partial charge < -0.3 is 9.42 Å². The fraction of sp³-hybridized carbons (Fsp3) is 0.111. The summed E-state index contributed by atoms with van der Waals surface area (Å²) in [4.78, 5) is 8.54. The Labute approximate surface area is 77.6 Å². The van der Waals surface area contributed by atoms with E-state index < -0.39 is 8.25 Å². The van der Waals surface area contributed by atoms with Crippen LogP contribution in [0.1, 0.15) is 11.1 Å². The summed E-state index contributed by atoms with van der Waals surface area (Å²) in [5.41, 5.74) is 1.73. The van der Waals surface area contributed by atoms with Crippen LogP contribution in [0.25, 0.3) is 5.76 Å². The number of hydrogen-bond acceptors (Lipinski definition) is 2. The monoisotopic (exact) mass is 198 g/mol. The van der Waals surface area contributed by atoms with Gasteiger partial charge in [0, 0.05) is 5.56 Å². The van der Waals surface area contributed by atoms with E-state index in [-0.39, 0.29) is 5.76 Å². The Balaban J connectivity index is 2.89. The molecular formula is C9H11O3P. The zero-order valence-corrected chi connectivity index (χ0v) is 8.28. The van der Waals surface area contributed by atoms with Crippen LogP contribution in [-0.2, 0) is 9.09 Å². The molecule has 1 aromatic rings. The second kappa shape index (κ2) is 4.26. The molecule has 0 fully saturated rings. The lowest BCUT2D eigenvalue weighted by Gasteiger charge is -2.07. The maximum Gasteiger partial charge on any atom is 0.365 e. The zero-order chi connectivity index (χ0) is 9.84. The van der Waals surface area contributed by atoms with Crippen molar-refractivity contribution < 1.29 is 14.0 Å². The Bertz CT molecular complexity index is 346. The van der Waals surface area contributed by atoms with Gasteiger partial charge in [-0.25, -0.2) is 4.57 Å². The van der Waals surface area contributed by atoms with E-state index in [0.29, 0.717) is 0 Å². The van der Waals surface area contributed by atoms with Gasteiger partial charge >= 0.3 is 8.25 Å². The summed E-state index contributed by atoms with van der Waals surface area (Å²) in [7, 11) is -2.95. The third kappa shape index (κ3) is 2.72. The highest BCUT2D eigenvalue weighted by Gasteiger charge is 2.04. The maximum atomic E-state index is 10.4. The van der Waals surface area contributed by atoms with E-state index in [4.69, 9.17) is 4.89 Å². The van der Waals surface area contributed by atoms with Gasteiger partial charge in [-0.15, -0.1) is 0 Å². The molecule has 13 heavy (non-hydrogen) atoms. The van der Waals surface area contributed by atoms with Crippen molar-refractivity contribution in [1.82, 2.24) is 0 Å². The quantitative estimate of drug-likeness (QED) is 0.599. The first-order chi connectivity index (χ1) is 6.11. The van der Waals surface area contributed by atoms with Crippen molar-refractivity contribution in [3.8, 4) is 0 Å². The molecule has 3 nitrogen and oxygen atoms in total. The maximum absolute atomic E-state index is 10.4. The number of aryl methyl sites for hydroxylation is 1. The van der Waals surface area contributed by atoms with Gasteiger partial charge in [-0.3, -0.25) is 0 Å². The molecule has 0 radical (unpaired) electrons. The van der Waals surface area contributed by atoms with Crippen LogP contribution in [0.15, 0.2) is 30.8 Å². The van der Waals surface area contributed by atoms with Gasteiger partial charge in [0.05, 0.1) is 0 Å². The van der Waals surface area contributed by atoms with Crippen molar-refractivity contribution in [1.29, 1.82) is 0 Å². The Morgan fingerprint density at radius 3 is 2.69 bits per heavy atom. The largest absolute Gasteiger partial charge is 0.426 e. The molecule has 70 valence electrons. The second-order valence-corrected chi connectivity index (χ2v) is 3.34. The summed E-state index contributed by atoms with van der Waals surface area (Å²) in [5.74, 6) is 0.240. The minimum absolute atomic E-state index is 0.240. The van der Waals surface area contributed by atoms with Gasteiger partial charge in [0.1, 0.15) is 5.76 Å². The molecule has 0 heterocycles. The van der Waals surface area contributed by atoms with Crippen LogP contribution in [0.4, 0.5) is 0 Å². The van der Waals surface area contributed by atoms with Crippen LogP contribution < -0.4 is 0 Å². The Hall–Kier alpha value is -1.05. The molecule has 1 aromatic carbocycles. The average Bonchev–Trinajstić information content (AvgIpc) is 2.03. The van der Waals surface area contributed by atoms with E-state index in [9.17, 15) is 4.57 Å². The van der Waals surface area contributed by atoms with Gasteiger partial charge in [0.25, 0.3) is 0 Å². The van der Waals surface area contributed by atoms with Gasteiger partial charge in [0.2, 0.25) is 0 Å². The Morgan fingerprint density at radius 2 is 2.15 bits per heavy atom. The van der Waals surface area contributed by atoms with Gasteiger partial charge in [-0.2, -0.15) is 0 Å². The standard InChI is InChI=1S/C9H11O3P/c1-7-5-3-4-6-9(7)8(2)12-13(10)11/h3-6,13H,2H2,1H3,(H,10,11). The highest BCUT2D eigenvalue weighted by Crippen LogP contribution is 2.27. The van der Waals surface area contributed by atoms with Crippen molar-refractivity contribution in [2.24, 2.45) is 0 Å². The van der Waals surface area contributed by atoms with Crippen LogP contribution in [-0.4, -0.2) is 4.89 Å². The van der Waals surface area contributed by atoms with Gasteiger partial charge in [-0.1, -0.05) is 30.8 Å². The first-order valence-corrected chi connectivity index (χ1v) is 5.03. The molecule has 0 spiro atoms. The summed E-state index contributed by atoms with van der Waals surface area (Å²) in [6, 6.07) is 7.39. The molecule has 0 aliphatic heterocycles. The third-order valence-electron chi connectivity index (χ3n) is 1.66. The molecule has 0 aromatic heterocycles. The predicted molar refractivity (Wildman–Crippen MR) is 52.5 cm³/mol. The second-order valence-electron chi connectivity index (χ2n) is 2.61. The Morgan fingerprint density at radius 1 is 1.54 bits per heavy atom. The highest BCUT2D eigenvalue weighted by atomic mass is 31.1. The molecule has 1 rings (SSSR count). The lowest BCUT2D eigenvalue weighted by Crippen LogP contribution is -1.87. The molecule has 0 saturated carbocycles. The van der Waals surface area contributed by atoms with Crippen LogP contribution in [0, 0.1) is 6.92 Å². The van der Waals surface area contributed by atoms with Crippen LogP contribution in [0.2, 0.25) is 0 Å². The van der Waals surface area contributed by atoms with Crippen molar-refractivity contribution in [3.63, 3.8) is 0 Å². The molecule has 1 N–H and O–H groups in total. The van der Waals surface area contributed by atoms with E-state index in [0.717, 1.165) is 11.1 Å². The summed E-state index contributed by atoms with van der Waals surface area (Å²) >= 11 is 0. The van der Waals surface area contributed by atoms with E-state index >= 15 is 0 Å². The summed E-state index contributed by atoms with van der Waals surface area (Å²) < 4.78 is 15.0. The first-order valence-electron chi connectivity index (χ1n) is 3.77. The molecule has 0 saturated heterocycles. The Kier molecular flexibility index (Phi) is 3.29. The highest BCUT2D eigenvalue weighted by molar-refractivity contribution is 7.32. The molecule has 0 aliphatic carbocycles. The van der Waals surface area contributed by atoms with Gasteiger partial charge in [-0.05, 0) is 12.5 Å². The van der Waals surface area contributed by atoms with E-state index in [1.165, 1.54) is 0 Å². The number of rotatable bonds is 3. The minimum atomic E-state index is -2.95. The van der Waals surface area contributed by atoms with Crippen molar-refractivity contribution in [2.45, 2.75) is 6.92 Å². The van der Waals surface area contributed by atoms with Crippen molar-refractivity contribution >= 4 is 14.0 Å². The van der Waals surface area contributed by atoms with Crippen LogP contribution >= 0.6 is 8.25 Å². The summed E-state index contributed by atoms with van der Waals surface area (Å²) in [5, 5.41) is 0. The number of benzene rings is 1. The SMILES string of the molecule is C=C(O[PH](=O)O)c1ccccc1C. The molecular weight excluding hydrogens is 187 g/mol. The van der Waals surface area contributed by atoms with Gasteiger partial charge in [0.15, 0.2) is 0 Å². The van der Waals surface area contributed by atoms with Crippen molar-refractivity contribution in [2.75, 3.05) is 0 Å². The fourth-order valence-electron chi connectivity index (χ4n) is 1.05. The molecule has 4 heteroatoms. The summed E-state index contributed by atoms with van der Waals surface area (Å²) in [6.07, 6.45) is 0. The normalized spacial score (nSPS) is 12.2. The molecule has 0 aliphatic rings. The molecule has 0 amide bonds. The van der Waals surface area contributed by atoms with Crippen LogP contribution in [0.3, 0.4) is 0 Å². The molecule has 1 unspecified atom stereocenters. The third-order valence-corrected chi connectivity index (χ3v) is 2.08. The topological polar surface area (TPSA) is 46.5 Å². The lowest BCUT2D eigenvalue weighted by molar-refractivity contribution is 0.393. The van der Waals surface area contributed by atoms with Crippen LogP contribution in [0.5, 0.6) is 0 Å². The molecule has 0 bridgehead atoms. The average molecular weight is 198 g/mol. The lowest BCUT2D eigenvalue weighted by atomic mass is 10.1. The minimum Gasteiger partial charge on any atom is -0.426 e. The predicted octanol–water partition coefficient (Wildman–Crippen LogP) is 2.36. The zero-order valence-electron chi connectivity index (χ0n) is 7.28. The van der Waals surface area contributed by atoms with Crippen molar-refractivity contribution in [3.05, 3.63) is 42.0 Å². The van der Waals surface area contributed by atoms with E-state index in [1.807, 2.05) is 25.1 Å². The summed E-state index contributed by atoms with van der Waals surface area (Å²) in [6.45, 7) is 5.46. The smallest absolute Gasteiger partial charge is 0.365 e. The van der Waals surface area contributed by atoms with E-state index in [1.54, 1.807) is 6.07 Å².